The van der Waals surface area contributed by atoms with Gasteiger partial charge >= 0.3 is 0 Å². The lowest BCUT2D eigenvalue weighted by Crippen LogP contribution is -2.06. The third kappa shape index (κ3) is 2.10. The van der Waals surface area contributed by atoms with E-state index in [4.69, 9.17) is 11.6 Å². The van der Waals surface area contributed by atoms with Crippen LogP contribution in [-0.4, -0.2) is 11.7 Å². The third-order valence-electron chi connectivity index (χ3n) is 2.82. The van der Waals surface area contributed by atoms with E-state index >= 15 is 0 Å². The van der Waals surface area contributed by atoms with Crippen LogP contribution in [0, 0.1) is 6.92 Å². The van der Waals surface area contributed by atoms with Crippen LogP contribution >= 0.6 is 11.6 Å². The zero-order chi connectivity index (χ0) is 11.5. The molecule has 0 radical (unpaired) electrons. The minimum Gasteiger partial charge on any atom is -0.302 e. The topological polar surface area (TPSA) is 17.1 Å². The Hall–Kier alpha value is -1.34. The molecular formula is C14H13ClO. The van der Waals surface area contributed by atoms with Crippen LogP contribution in [0.3, 0.4) is 0 Å². The Labute approximate surface area is 100 Å². The van der Waals surface area contributed by atoms with E-state index in [1.165, 1.54) is 21.9 Å². The summed E-state index contributed by atoms with van der Waals surface area (Å²) in [6.07, 6.45) is 1.39. The first kappa shape index (κ1) is 11.2. The van der Waals surface area contributed by atoms with Gasteiger partial charge in [0.2, 0.25) is 0 Å². The summed E-state index contributed by atoms with van der Waals surface area (Å²) < 4.78 is 0. The van der Waals surface area contributed by atoms with Crippen LogP contribution in [0.15, 0.2) is 36.4 Å². The van der Waals surface area contributed by atoms with Crippen molar-refractivity contribution in [2.24, 2.45) is 0 Å². The maximum absolute atomic E-state index is 10.6. The maximum atomic E-state index is 10.6. The molecule has 0 unspecified atom stereocenters. The van der Waals surface area contributed by atoms with E-state index in [2.05, 4.69) is 31.2 Å². The summed E-state index contributed by atoms with van der Waals surface area (Å²) in [5.41, 5.74) is 2.36. The average molecular weight is 233 g/mol. The highest BCUT2D eigenvalue weighted by molar-refractivity contribution is 6.27. The Bertz CT molecular complexity index is 519. The van der Waals surface area contributed by atoms with Crippen LogP contribution in [-0.2, 0) is 11.2 Å². The highest BCUT2D eigenvalue weighted by Gasteiger charge is 2.09. The van der Waals surface area contributed by atoms with Crippen molar-refractivity contribution in [3.05, 3.63) is 47.5 Å². The fourth-order valence-electron chi connectivity index (χ4n) is 1.96. The number of aldehydes is 1. The van der Waals surface area contributed by atoms with Gasteiger partial charge in [-0.15, -0.1) is 11.6 Å². The van der Waals surface area contributed by atoms with Crippen molar-refractivity contribution >= 4 is 28.7 Å². The number of fused-ring (bicyclic) bond motifs is 1. The van der Waals surface area contributed by atoms with Gasteiger partial charge < -0.3 is 4.79 Å². The van der Waals surface area contributed by atoms with Crippen molar-refractivity contribution in [2.45, 2.75) is 18.7 Å². The zero-order valence-corrected chi connectivity index (χ0v) is 9.87. The van der Waals surface area contributed by atoms with Crippen molar-refractivity contribution in [3.8, 4) is 0 Å². The van der Waals surface area contributed by atoms with Gasteiger partial charge in [0.1, 0.15) is 6.29 Å². The van der Waals surface area contributed by atoms with Crippen LogP contribution < -0.4 is 0 Å². The van der Waals surface area contributed by atoms with E-state index in [0.717, 1.165) is 6.29 Å². The van der Waals surface area contributed by atoms with Crippen LogP contribution in [0.4, 0.5) is 0 Å². The van der Waals surface area contributed by atoms with Crippen molar-refractivity contribution in [2.75, 3.05) is 0 Å². The number of rotatable bonds is 3. The first-order valence-corrected chi connectivity index (χ1v) is 5.72. The molecule has 0 heterocycles. The van der Waals surface area contributed by atoms with Gasteiger partial charge in [-0.25, -0.2) is 0 Å². The molecule has 0 saturated carbocycles. The molecule has 0 aromatic heterocycles. The third-order valence-corrected chi connectivity index (χ3v) is 3.08. The number of hydrogen-bond acceptors (Lipinski definition) is 1. The number of benzene rings is 2. The van der Waals surface area contributed by atoms with Gasteiger partial charge in [0.15, 0.2) is 0 Å². The molecule has 0 spiro atoms. The number of alkyl halides is 1. The first-order chi connectivity index (χ1) is 7.72. The molecule has 0 aliphatic heterocycles. The molecule has 82 valence electrons. The normalized spacial score (nSPS) is 12.6. The van der Waals surface area contributed by atoms with Gasteiger partial charge in [-0.1, -0.05) is 36.4 Å². The molecule has 2 heteroatoms. The quantitative estimate of drug-likeness (QED) is 0.585. The predicted molar refractivity (Wildman–Crippen MR) is 68.1 cm³/mol. The summed E-state index contributed by atoms with van der Waals surface area (Å²) in [7, 11) is 0. The molecule has 0 N–H and O–H groups in total. The van der Waals surface area contributed by atoms with Crippen LogP contribution in [0.5, 0.6) is 0 Å². The number of hydrogen-bond donors (Lipinski definition) is 0. The molecule has 0 bridgehead atoms. The van der Waals surface area contributed by atoms with Gasteiger partial charge in [-0.2, -0.15) is 0 Å². The van der Waals surface area contributed by atoms with E-state index in [9.17, 15) is 4.79 Å². The number of halogens is 1. The van der Waals surface area contributed by atoms with Crippen molar-refractivity contribution < 1.29 is 4.79 Å². The maximum Gasteiger partial charge on any atom is 0.138 e. The summed E-state index contributed by atoms with van der Waals surface area (Å²) in [5.74, 6) is 0. The van der Waals surface area contributed by atoms with Crippen LogP contribution in [0.1, 0.15) is 11.1 Å². The molecule has 0 aliphatic carbocycles. The summed E-state index contributed by atoms with van der Waals surface area (Å²) >= 11 is 5.90. The number of aryl methyl sites for hydroxylation is 1. The van der Waals surface area contributed by atoms with E-state index in [1.54, 1.807) is 0 Å². The molecule has 0 amide bonds. The Balaban J connectivity index is 2.56. The number of carbonyl (C=O) groups excluding carboxylic acids is 1. The van der Waals surface area contributed by atoms with Gasteiger partial charge in [0.05, 0.1) is 5.38 Å². The molecule has 2 aromatic carbocycles. The lowest BCUT2D eigenvalue weighted by Gasteiger charge is -2.10. The lowest BCUT2D eigenvalue weighted by atomic mass is 9.96. The Kier molecular flexibility index (Phi) is 3.25. The highest BCUT2D eigenvalue weighted by atomic mass is 35.5. The highest BCUT2D eigenvalue weighted by Crippen LogP contribution is 2.24. The molecule has 0 saturated heterocycles. The summed E-state index contributed by atoms with van der Waals surface area (Å²) in [5, 5.41) is 1.94. The first-order valence-electron chi connectivity index (χ1n) is 5.29. The second-order valence-electron chi connectivity index (χ2n) is 3.94. The Morgan fingerprint density at radius 1 is 1.25 bits per heavy atom. The SMILES string of the molecule is Cc1ccc2ccccc2c1C[C@H](Cl)C=O. The Morgan fingerprint density at radius 2 is 2.00 bits per heavy atom. The molecule has 1 nitrogen and oxygen atoms in total. The largest absolute Gasteiger partial charge is 0.302 e. The van der Waals surface area contributed by atoms with Crippen molar-refractivity contribution in [1.82, 2.24) is 0 Å². The fourth-order valence-corrected chi connectivity index (χ4v) is 2.11. The molecule has 0 fully saturated rings. The fraction of sp³-hybridized carbons (Fsp3) is 0.214. The lowest BCUT2D eigenvalue weighted by molar-refractivity contribution is -0.107. The van der Waals surface area contributed by atoms with Gasteiger partial charge in [-0.05, 0) is 35.2 Å². The molecular weight excluding hydrogens is 220 g/mol. The standard InChI is InChI=1S/C14H13ClO/c1-10-6-7-11-4-2-3-5-13(11)14(10)8-12(15)9-16/h2-7,9,12H,8H2,1H3/t12-/m0/s1. The summed E-state index contributed by atoms with van der Waals surface area (Å²) in [6.45, 7) is 2.05. The predicted octanol–water partition coefficient (Wildman–Crippen LogP) is 3.50. The molecule has 1 atom stereocenters. The monoisotopic (exact) mass is 232 g/mol. The van der Waals surface area contributed by atoms with E-state index in [0.29, 0.717) is 6.42 Å². The molecule has 16 heavy (non-hydrogen) atoms. The number of carbonyl (C=O) groups is 1. The second-order valence-corrected chi connectivity index (χ2v) is 4.50. The Morgan fingerprint density at radius 3 is 2.75 bits per heavy atom. The van der Waals surface area contributed by atoms with Crippen LogP contribution in [0.2, 0.25) is 0 Å². The average Bonchev–Trinajstić information content (AvgIpc) is 2.32. The minimum absolute atomic E-state index is 0.440. The van der Waals surface area contributed by atoms with E-state index in [-0.39, 0.29) is 0 Å². The molecule has 0 aliphatic rings. The van der Waals surface area contributed by atoms with Crippen molar-refractivity contribution in [3.63, 3.8) is 0 Å². The van der Waals surface area contributed by atoms with E-state index < -0.39 is 5.38 Å². The van der Waals surface area contributed by atoms with E-state index in [1.807, 2.05) is 12.1 Å². The summed E-state index contributed by atoms with van der Waals surface area (Å²) in [4.78, 5) is 10.6. The second kappa shape index (κ2) is 4.67. The summed E-state index contributed by atoms with van der Waals surface area (Å²) in [6, 6.07) is 12.3. The van der Waals surface area contributed by atoms with Crippen molar-refractivity contribution in [1.29, 1.82) is 0 Å². The minimum atomic E-state index is -0.440. The zero-order valence-electron chi connectivity index (χ0n) is 9.11. The van der Waals surface area contributed by atoms with Gasteiger partial charge in [0, 0.05) is 0 Å². The van der Waals surface area contributed by atoms with Gasteiger partial charge in [0.25, 0.3) is 0 Å². The smallest absolute Gasteiger partial charge is 0.138 e. The van der Waals surface area contributed by atoms with Crippen LogP contribution in [0.25, 0.3) is 10.8 Å². The van der Waals surface area contributed by atoms with Gasteiger partial charge in [-0.3, -0.25) is 0 Å². The molecule has 2 aromatic rings. The molecule has 2 rings (SSSR count).